The second-order valence-electron chi connectivity index (χ2n) is 3.27. The third kappa shape index (κ3) is 1.53. The molecule has 1 fully saturated rings. The molecular formula is C8H13N3S. The summed E-state index contributed by atoms with van der Waals surface area (Å²) in [5.41, 5.74) is 5.50. The zero-order valence-corrected chi connectivity index (χ0v) is 7.90. The van der Waals surface area contributed by atoms with E-state index in [-0.39, 0.29) is 0 Å². The monoisotopic (exact) mass is 183 g/mol. The molecule has 1 aromatic heterocycles. The number of hydrogen-bond acceptors (Lipinski definition) is 4. The Balaban J connectivity index is 1.89. The molecule has 1 aromatic rings. The summed E-state index contributed by atoms with van der Waals surface area (Å²) in [7, 11) is 0. The molecule has 1 saturated carbocycles. The van der Waals surface area contributed by atoms with E-state index in [4.69, 9.17) is 5.73 Å². The molecule has 4 heteroatoms. The maximum absolute atomic E-state index is 5.50. The van der Waals surface area contributed by atoms with Gasteiger partial charge in [-0.05, 0) is 23.9 Å². The van der Waals surface area contributed by atoms with Gasteiger partial charge in [0.1, 0.15) is 10.8 Å². The van der Waals surface area contributed by atoms with Crippen LogP contribution in [0.4, 0.5) is 10.8 Å². The summed E-state index contributed by atoms with van der Waals surface area (Å²) < 4.78 is 4.01. The minimum Gasteiger partial charge on any atom is -0.383 e. The highest BCUT2D eigenvalue weighted by atomic mass is 32.1. The minimum atomic E-state index is 0.621. The lowest BCUT2D eigenvalue weighted by molar-refractivity contribution is 0.775. The largest absolute Gasteiger partial charge is 0.383 e. The molecule has 0 aliphatic heterocycles. The van der Waals surface area contributed by atoms with Gasteiger partial charge < -0.3 is 11.1 Å². The van der Waals surface area contributed by atoms with Crippen molar-refractivity contribution in [3.05, 3.63) is 6.07 Å². The molecule has 12 heavy (non-hydrogen) atoms. The zero-order valence-electron chi connectivity index (χ0n) is 7.08. The maximum atomic E-state index is 5.50. The smallest absolute Gasteiger partial charge is 0.139 e. The first-order valence-electron chi connectivity index (χ1n) is 4.28. The van der Waals surface area contributed by atoms with Crippen molar-refractivity contribution in [1.82, 2.24) is 4.37 Å². The van der Waals surface area contributed by atoms with Crippen molar-refractivity contribution < 1.29 is 0 Å². The minimum absolute atomic E-state index is 0.621. The average molecular weight is 183 g/mol. The van der Waals surface area contributed by atoms with E-state index in [9.17, 15) is 0 Å². The van der Waals surface area contributed by atoms with E-state index in [1.54, 1.807) is 0 Å². The van der Waals surface area contributed by atoms with Gasteiger partial charge in [-0.2, -0.15) is 4.37 Å². The van der Waals surface area contributed by atoms with E-state index in [0.717, 1.165) is 10.9 Å². The Morgan fingerprint density at radius 1 is 1.83 bits per heavy atom. The van der Waals surface area contributed by atoms with Crippen molar-refractivity contribution in [3.8, 4) is 0 Å². The molecule has 1 aliphatic carbocycles. The first kappa shape index (κ1) is 7.86. The van der Waals surface area contributed by atoms with E-state index >= 15 is 0 Å². The first-order valence-corrected chi connectivity index (χ1v) is 5.05. The first-order chi connectivity index (χ1) is 5.79. The van der Waals surface area contributed by atoms with E-state index in [1.165, 1.54) is 24.4 Å². The van der Waals surface area contributed by atoms with Crippen LogP contribution in [0, 0.1) is 5.92 Å². The molecule has 0 saturated heterocycles. The van der Waals surface area contributed by atoms with Crippen LogP contribution < -0.4 is 11.1 Å². The molecule has 0 radical (unpaired) electrons. The summed E-state index contributed by atoms with van der Waals surface area (Å²) in [6.07, 6.45) is 2.57. The molecule has 0 amide bonds. The van der Waals surface area contributed by atoms with Crippen molar-refractivity contribution in [1.29, 1.82) is 0 Å². The predicted octanol–water partition coefficient (Wildman–Crippen LogP) is 1.94. The fourth-order valence-electron chi connectivity index (χ4n) is 1.42. The Hall–Kier alpha value is -0.770. The van der Waals surface area contributed by atoms with Crippen LogP contribution in [0.15, 0.2) is 6.07 Å². The van der Waals surface area contributed by atoms with E-state index in [2.05, 4.69) is 16.6 Å². The van der Waals surface area contributed by atoms with E-state index < -0.39 is 0 Å². The fourth-order valence-corrected chi connectivity index (χ4v) is 2.05. The highest BCUT2D eigenvalue weighted by molar-refractivity contribution is 7.10. The number of hydrogen-bond donors (Lipinski definition) is 2. The summed E-state index contributed by atoms with van der Waals surface area (Å²) in [5.74, 6) is 1.49. The Bertz CT molecular complexity index is 271. The molecular weight excluding hydrogens is 170 g/mol. The van der Waals surface area contributed by atoms with Crippen LogP contribution in [0.3, 0.4) is 0 Å². The maximum Gasteiger partial charge on any atom is 0.139 e. The van der Waals surface area contributed by atoms with Crippen molar-refractivity contribution in [2.45, 2.75) is 25.8 Å². The van der Waals surface area contributed by atoms with E-state index in [0.29, 0.717) is 11.9 Å². The Kier molecular flexibility index (Phi) is 1.92. The van der Waals surface area contributed by atoms with Crippen LogP contribution in [0.1, 0.15) is 19.8 Å². The highest BCUT2D eigenvalue weighted by Crippen LogP contribution is 2.37. The van der Waals surface area contributed by atoms with Gasteiger partial charge in [0.25, 0.3) is 0 Å². The van der Waals surface area contributed by atoms with Crippen molar-refractivity contribution in [3.63, 3.8) is 0 Å². The third-order valence-corrected chi connectivity index (χ3v) is 3.04. The van der Waals surface area contributed by atoms with Gasteiger partial charge in [-0.25, -0.2) is 0 Å². The lowest BCUT2D eigenvalue weighted by Gasteiger charge is -1.98. The fraction of sp³-hybridized carbons (Fsp3) is 0.625. The normalized spacial score (nSPS) is 27.1. The second-order valence-corrected chi connectivity index (χ2v) is 4.08. The van der Waals surface area contributed by atoms with Crippen LogP contribution in [-0.2, 0) is 0 Å². The van der Waals surface area contributed by atoms with Gasteiger partial charge in [0.2, 0.25) is 0 Å². The second kappa shape index (κ2) is 2.94. The highest BCUT2D eigenvalue weighted by Gasteiger charge is 2.35. The quantitative estimate of drug-likeness (QED) is 0.753. The molecule has 66 valence electrons. The molecule has 3 N–H and O–H groups in total. The van der Waals surface area contributed by atoms with Gasteiger partial charge in [-0.1, -0.05) is 13.3 Å². The van der Waals surface area contributed by atoms with Gasteiger partial charge in [0, 0.05) is 12.1 Å². The number of aromatic nitrogens is 1. The van der Waals surface area contributed by atoms with Crippen LogP contribution in [-0.4, -0.2) is 10.4 Å². The van der Waals surface area contributed by atoms with Gasteiger partial charge >= 0.3 is 0 Å². The summed E-state index contributed by atoms with van der Waals surface area (Å²) in [4.78, 5) is 0. The molecule has 2 unspecified atom stereocenters. The summed E-state index contributed by atoms with van der Waals surface area (Å²) in [5, 5.41) is 4.52. The molecule has 0 aromatic carbocycles. The molecule has 3 nitrogen and oxygen atoms in total. The van der Waals surface area contributed by atoms with Gasteiger partial charge in [-0.3, -0.25) is 0 Å². The van der Waals surface area contributed by atoms with Gasteiger partial charge in [-0.15, -0.1) is 0 Å². The average Bonchev–Trinajstić information content (AvgIpc) is 2.67. The standard InChI is InChI=1S/C8H13N3S/c1-2-5-3-6(5)10-8-4-7(9)11-12-8/h4-6,10H,2-3H2,1H3,(H2,9,11). The number of anilines is 2. The van der Waals surface area contributed by atoms with E-state index in [1.807, 2.05) is 6.07 Å². The predicted molar refractivity (Wildman–Crippen MR) is 52.3 cm³/mol. The topological polar surface area (TPSA) is 50.9 Å². The summed E-state index contributed by atoms with van der Waals surface area (Å²) in [6, 6.07) is 2.57. The molecule has 1 heterocycles. The Morgan fingerprint density at radius 2 is 2.67 bits per heavy atom. The van der Waals surface area contributed by atoms with Crippen molar-refractivity contribution >= 4 is 22.4 Å². The third-order valence-electron chi connectivity index (χ3n) is 2.30. The lowest BCUT2D eigenvalue weighted by Crippen LogP contribution is -2.02. The molecule has 1 aliphatic rings. The number of nitrogens with two attached hydrogens (primary N) is 1. The van der Waals surface area contributed by atoms with Crippen LogP contribution >= 0.6 is 11.5 Å². The Labute approximate surface area is 76.1 Å². The van der Waals surface area contributed by atoms with Gasteiger partial charge in [0.15, 0.2) is 0 Å². The summed E-state index contributed by atoms with van der Waals surface area (Å²) >= 11 is 1.44. The van der Waals surface area contributed by atoms with Gasteiger partial charge in [0.05, 0.1) is 0 Å². The Morgan fingerprint density at radius 3 is 3.17 bits per heavy atom. The number of nitrogens with zero attached hydrogens (tertiary/aromatic N) is 1. The SMILES string of the molecule is CCC1CC1Nc1cc(N)ns1. The summed E-state index contributed by atoms with van der Waals surface area (Å²) in [6.45, 7) is 2.23. The molecule has 0 bridgehead atoms. The number of nitrogens with one attached hydrogen (secondary N) is 1. The van der Waals surface area contributed by atoms with Crippen LogP contribution in [0.2, 0.25) is 0 Å². The van der Waals surface area contributed by atoms with Crippen LogP contribution in [0.25, 0.3) is 0 Å². The molecule has 0 spiro atoms. The molecule has 2 rings (SSSR count). The molecule has 2 atom stereocenters. The number of rotatable bonds is 3. The lowest BCUT2D eigenvalue weighted by atomic mass is 10.3. The van der Waals surface area contributed by atoms with Crippen LogP contribution in [0.5, 0.6) is 0 Å². The van der Waals surface area contributed by atoms with Crippen molar-refractivity contribution in [2.75, 3.05) is 11.1 Å². The van der Waals surface area contributed by atoms with Crippen molar-refractivity contribution in [2.24, 2.45) is 5.92 Å². The number of nitrogen functional groups attached to an aromatic ring is 1. The zero-order chi connectivity index (χ0) is 8.55.